The van der Waals surface area contributed by atoms with Crippen LogP contribution < -0.4 is 15.0 Å². The number of rotatable bonds is 12. The Kier molecular flexibility index (Phi) is 12.1. The van der Waals surface area contributed by atoms with Crippen molar-refractivity contribution in [2.75, 3.05) is 30.0 Å². The molecule has 290 valence electrons. The normalized spacial score (nSPS) is 16.6. The average Bonchev–Trinajstić information content (AvgIpc) is 3.06. The van der Waals surface area contributed by atoms with E-state index in [0.717, 1.165) is 29.3 Å². The molecule has 2 atom stereocenters. The van der Waals surface area contributed by atoms with Gasteiger partial charge in [-0.15, -0.1) is 0 Å². The molecule has 19 heteroatoms. The van der Waals surface area contributed by atoms with Crippen LogP contribution in [0, 0.1) is 5.41 Å². The summed E-state index contributed by atoms with van der Waals surface area (Å²) in [7, 11) is 0. The van der Waals surface area contributed by atoms with Gasteiger partial charge in [-0.05, 0) is 74.2 Å². The summed E-state index contributed by atoms with van der Waals surface area (Å²) in [6, 6.07) is 1.89. The van der Waals surface area contributed by atoms with Gasteiger partial charge in [0.25, 0.3) is 0 Å². The highest BCUT2D eigenvalue weighted by Gasteiger charge is 2.41. The number of amides is 1. The molecular weight excluding hydrogens is 731 g/mol. The number of fused-ring (bicyclic) bond motifs is 1. The molecule has 2 aromatic carbocycles. The molecule has 1 amide bonds. The Hall–Kier alpha value is -4.81. The summed E-state index contributed by atoms with van der Waals surface area (Å²) in [6.07, 6.45) is -15.3. The van der Waals surface area contributed by atoms with Gasteiger partial charge in [0.1, 0.15) is 6.61 Å². The van der Waals surface area contributed by atoms with E-state index in [-0.39, 0.29) is 67.2 Å². The molecular formula is C34H35F9N4O6. The Morgan fingerprint density at radius 1 is 0.943 bits per heavy atom. The summed E-state index contributed by atoms with van der Waals surface area (Å²) in [5.74, 6) is -1.67. The second kappa shape index (κ2) is 15.7. The van der Waals surface area contributed by atoms with E-state index in [4.69, 9.17) is 14.6 Å². The molecule has 0 bridgehead atoms. The first-order valence-corrected chi connectivity index (χ1v) is 16.1. The quantitative estimate of drug-likeness (QED) is 0.123. The van der Waals surface area contributed by atoms with Crippen LogP contribution in [0.2, 0.25) is 0 Å². The third kappa shape index (κ3) is 10.00. The number of carboxylic acid groups (broad SMARTS) is 1. The summed E-state index contributed by atoms with van der Waals surface area (Å²) in [5.41, 5.74) is -6.34. The summed E-state index contributed by atoms with van der Waals surface area (Å²) >= 11 is 0. The largest absolute Gasteiger partial charge is 0.490 e. The Morgan fingerprint density at radius 2 is 1.57 bits per heavy atom. The molecule has 0 spiro atoms. The van der Waals surface area contributed by atoms with Crippen LogP contribution in [-0.2, 0) is 34.5 Å². The maximum Gasteiger partial charge on any atom is 0.416 e. The molecule has 0 unspecified atom stereocenters. The molecule has 1 aliphatic rings. The first-order chi connectivity index (χ1) is 24.5. The SMILES string of the molecule is CC[C@@H]1C[C@H](Nc2ncc(OCCCO)c(Cc3cc(C(F)(F)F)cc(C(F)(F)F)c3)n2)c2cc(C(F)(F)F)ccc2N1C(=O)OCC(C)(C)C(=O)O. The van der Waals surface area contributed by atoms with Crippen LogP contribution in [0.5, 0.6) is 5.75 Å². The predicted molar refractivity (Wildman–Crippen MR) is 170 cm³/mol. The topological polar surface area (TPSA) is 134 Å². The minimum absolute atomic E-state index is 0.000410. The molecule has 0 saturated heterocycles. The minimum Gasteiger partial charge on any atom is -0.490 e. The van der Waals surface area contributed by atoms with E-state index in [1.165, 1.54) is 13.8 Å². The number of anilines is 2. The molecule has 0 saturated carbocycles. The van der Waals surface area contributed by atoms with E-state index in [2.05, 4.69) is 15.3 Å². The van der Waals surface area contributed by atoms with Crippen molar-refractivity contribution in [3.63, 3.8) is 0 Å². The van der Waals surface area contributed by atoms with E-state index in [1.54, 1.807) is 6.92 Å². The zero-order chi connectivity index (χ0) is 39.5. The maximum atomic E-state index is 13.9. The van der Waals surface area contributed by atoms with Crippen molar-refractivity contribution in [1.82, 2.24) is 9.97 Å². The lowest BCUT2D eigenvalue weighted by atomic mass is 9.89. The maximum absolute atomic E-state index is 13.9. The van der Waals surface area contributed by atoms with Gasteiger partial charge in [0.05, 0.1) is 52.3 Å². The van der Waals surface area contributed by atoms with Crippen molar-refractivity contribution in [1.29, 1.82) is 0 Å². The Balaban J connectivity index is 1.77. The summed E-state index contributed by atoms with van der Waals surface area (Å²) < 4.78 is 134. The average molecular weight is 767 g/mol. The second-order valence-electron chi connectivity index (χ2n) is 12.9. The predicted octanol–water partition coefficient (Wildman–Crippen LogP) is 8.27. The number of alkyl halides is 9. The van der Waals surface area contributed by atoms with Gasteiger partial charge < -0.3 is 25.0 Å². The van der Waals surface area contributed by atoms with Gasteiger partial charge in [-0.25, -0.2) is 14.8 Å². The van der Waals surface area contributed by atoms with Gasteiger partial charge in [0.2, 0.25) is 5.95 Å². The van der Waals surface area contributed by atoms with Crippen LogP contribution in [-0.4, -0.2) is 58.1 Å². The Morgan fingerprint density at radius 3 is 2.11 bits per heavy atom. The molecule has 4 rings (SSSR count). The van der Waals surface area contributed by atoms with E-state index < -0.39 is 83.4 Å². The molecule has 0 fully saturated rings. The summed E-state index contributed by atoms with van der Waals surface area (Å²) in [6.45, 7) is 3.35. The van der Waals surface area contributed by atoms with Crippen molar-refractivity contribution >= 4 is 23.7 Å². The zero-order valence-electron chi connectivity index (χ0n) is 28.4. The number of carbonyl (C=O) groups excluding carboxylic acids is 1. The van der Waals surface area contributed by atoms with Crippen LogP contribution >= 0.6 is 0 Å². The number of carbonyl (C=O) groups is 2. The number of aliphatic hydroxyl groups is 1. The number of aromatic nitrogens is 2. The monoisotopic (exact) mass is 766 g/mol. The van der Waals surface area contributed by atoms with Crippen molar-refractivity contribution < 1.29 is 68.8 Å². The van der Waals surface area contributed by atoms with Crippen molar-refractivity contribution in [3.8, 4) is 5.75 Å². The van der Waals surface area contributed by atoms with Crippen LogP contribution in [0.25, 0.3) is 0 Å². The lowest BCUT2D eigenvalue weighted by Gasteiger charge is -2.40. The summed E-state index contributed by atoms with van der Waals surface area (Å²) in [5, 5.41) is 21.5. The number of nitrogens with one attached hydrogen (secondary N) is 1. The minimum atomic E-state index is -5.12. The molecule has 53 heavy (non-hydrogen) atoms. The molecule has 1 aromatic heterocycles. The van der Waals surface area contributed by atoms with Gasteiger partial charge in [-0.2, -0.15) is 39.5 Å². The lowest BCUT2D eigenvalue weighted by molar-refractivity contribution is -0.149. The smallest absolute Gasteiger partial charge is 0.416 e. The number of nitrogens with zero attached hydrogens (tertiary/aromatic N) is 3. The Bertz CT molecular complexity index is 1770. The molecule has 0 radical (unpaired) electrons. The van der Waals surface area contributed by atoms with Crippen molar-refractivity contribution in [3.05, 3.63) is 76.1 Å². The molecule has 0 aliphatic carbocycles. The fourth-order valence-electron chi connectivity index (χ4n) is 5.48. The van der Waals surface area contributed by atoms with Gasteiger partial charge in [0.15, 0.2) is 5.75 Å². The number of ether oxygens (including phenoxy) is 2. The fraction of sp³-hybridized carbons (Fsp3) is 0.471. The number of halogens is 9. The van der Waals surface area contributed by atoms with E-state index in [9.17, 15) is 54.2 Å². The first kappa shape index (κ1) is 41.0. The standard InChI is InChI=1S/C34H35F9N4O6/c1-4-22-15-24(23-14-19(32(35,36)37)6-7-26(23)47(22)30(51)53-17-31(2,3)28(49)50)45-29-44-16-27(52-9-5-8-48)25(46-29)12-18-10-20(33(38,39)40)13-21(11-18)34(41,42)43/h6-7,10-11,13-14,16,22,24,48H,4-5,8-9,12,15,17H2,1-3H3,(H,49,50)(H,44,45,46)/t22-,24+/m1/s1. The van der Waals surface area contributed by atoms with Gasteiger partial charge >= 0.3 is 30.6 Å². The molecule has 3 aromatic rings. The van der Waals surface area contributed by atoms with Crippen LogP contribution in [0.4, 0.5) is 55.9 Å². The molecule has 1 aliphatic heterocycles. The van der Waals surface area contributed by atoms with Gasteiger partial charge in [-0.1, -0.05) is 6.92 Å². The van der Waals surface area contributed by atoms with Crippen LogP contribution in [0.15, 0.2) is 42.6 Å². The molecule has 2 heterocycles. The highest BCUT2D eigenvalue weighted by Crippen LogP contribution is 2.44. The van der Waals surface area contributed by atoms with Crippen LogP contribution in [0.1, 0.15) is 79.6 Å². The highest BCUT2D eigenvalue weighted by molar-refractivity contribution is 5.91. The Labute approximate surface area is 296 Å². The number of benzene rings is 2. The van der Waals surface area contributed by atoms with Crippen molar-refractivity contribution in [2.24, 2.45) is 5.41 Å². The van der Waals surface area contributed by atoms with Gasteiger partial charge in [0, 0.05) is 25.5 Å². The highest BCUT2D eigenvalue weighted by atomic mass is 19.4. The number of hydrogen-bond donors (Lipinski definition) is 3. The van der Waals surface area contributed by atoms with Crippen molar-refractivity contribution in [2.45, 2.75) is 77.1 Å². The third-order valence-electron chi connectivity index (χ3n) is 8.38. The number of hydrogen-bond acceptors (Lipinski definition) is 8. The third-order valence-corrected chi connectivity index (χ3v) is 8.38. The van der Waals surface area contributed by atoms with Gasteiger partial charge in [-0.3, -0.25) is 9.69 Å². The lowest BCUT2D eigenvalue weighted by Crippen LogP contribution is -2.47. The van der Waals surface area contributed by atoms with E-state index >= 15 is 0 Å². The van der Waals surface area contributed by atoms with Crippen LogP contribution in [0.3, 0.4) is 0 Å². The molecule has 3 N–H and O–H groups in total. The number of aliphatic carboxylic acids is 1. The second-order valence-corrected chi connectivity index (χ2v) is 12.9. The van der Waals surface area contributed by atoms with E-state index in [0.29, 0.717) is 12.1 Å². The fourth-order valence-corrected chi connectivity index (χ4v) is 5.48. The first-order valence-electron chi connectivity index (χ1n) is 16.1. The molecule has 10 nitrogen and oxygen atoms in total. The number of aliphatic hydroxyl groups excluding tert-OH is 1. The zero-order valence-corrected chi connectivity index (χ0v) is 28.4. The van der Waals surface area contributed by atoms with E-state index in [1.807, 2.05) is 0 Å². The number of carboxylic acids is 1. The summed E-state index contributed by atoms with van der Waals surface area (Å²) in [4.78, 5) is 34.5.